The summed E-state index contributed by atoms with van der Waals surface area (Å²) in [6, 6.07) is 7.31. The number of nitrogens with zero attached hydrogens (tertiary/aromatic N) is 4. The van der Waals surface area contributed by atoms with Crippen LogP contribution in [0.1, 0.15) is 19.4 Å². The highest BCUT2D eigenvalue weighted by molar-refractivity contribution is 6.30. The minimum atomic E-state index is -0.543. The minimum Gasteiger partial charge on any atom is -0.378 e. The molecule has 0 amide bonds. The van der Waals surface area contributed by atoms with Crippen LogP contribution in [-0.2, 0) is 11.3 Å². The van der Waals surface area contributed by atoms with Gasteiger partial charge in [0.05, 0.1) is 17.1 Å². The number of rotatable bonds is 5. The molecule has 144 valence electrons. The van der Waals surface area contributed by atoms with Gasteiger partial charge in [0, 0.05) is 24.7 Å². The van der Waals surface area contributed by atoms with Gasteiger partial charge in [-0.05, 0) is 31.5 Å². The highest BCUT2D eigenvalue weighted by atomic mass is 35.5. The number of nitro groups is 1. The zero-order valence-electron chi connectivity index (χ0n) is 15.1. The van der Waals surface area contributed by atoms with Gasteiger partial charge >= 0.3 is 5.69 Å². The van der Waals surface area contributed by atoms with Crippen molar-refractivity contribution in [2.45, 2.75) is 32.6 Å². The number of nitrogens with one attached hydrogen (secondary N) is 1. The van der Waals surface area contributed by atoms with Crippen molar-refractivity contribution in [2.24, 2.45) is 0 Å². The lowest BCUT2D eigenvalue weighted by molar-refractivity contribution is -0.383. The molecule has 2 aromatic rings. The first-order chi connectivity index (χ1) is 12.8. The molecule has 27 heavy (non-hydrogen) atoms. The van der Waals surface area contributed by atoms with Crippen LogP contribution in [0.4, 0.5) is 23.3 Å². The Morgan fingerprint density at radius 2 is 1.93 bits per heavy atom. The van der Waals surface area contributed by atoms with E-state index in [0.717, 1.165) is 5.56 Å². The normalized spacial score (nSPS) is 19.7. The van der Waals surface area contributed by atoms with Gasteiger partial charge in [-0.25, -0.2) is 0 Å². The average Bonchev–Trinajstić information content (AvgIpc) is 2.59. The van der Waals surface area contributed by atoms with Crippen LogP contribution in [-0.4, -0.2) is 40.2 Å². The van der Waals surface area contributed by atoms with Crippen molar-refractivity contribution in [3.05, 3.63) is 45.0 Å². The van der Waals surface area contributed by atoms with Crippen molar-refractivity contribution in [1.82, 2.24) is 9.97 Å². The van der Waals surface area contributed by atoms with Crippen LogP contribution in [0.3, 0.4) is 0 Å². The molecule has 0 saturated carbocycles. The standard InChI is InChI=1S/C17H21ClN6O3/c1-10-8-23(9-11(2)27-10)16-14(24(25)26)15(19)21-17(22-16)20-7-12-3-5-13(18)6-4-12/h3-6,10-11H,7-9H2,1-2H3,(H3,19,20,21,22)/t10-,11+. The van der Waals surface area contributed by atoms with Crippen LogP contribution in [0.15, 0.2) is 24.3 Å². The molecule has 3 rings (SSSR count). The van der Waals surface area contributed by atoms with E-state index in [1.54, 1.807) is 12.1 Å². The Morgan fingerprint density at radius 1 is 1.30 bits per heavy atom. The van der Waals surface area contributed by atoms with Crippen LogP contribution in [0.5, 0.6) is 0 Å². The summed E-state index contributed by atoms with van der Waals surface area (Å²) in [5, 5.41) is 15.2. The van der Waals surface area contributed by atoms with Crippen LogP contribution >= 0.6 is 11.6 Å². The minimum absolute atomic E-state index is 0.0741. The molecule has 10 heteroatoms. The molecule has 0 spiro atoms. The summed E-state index contributed by atoms with van der Waals surface area (Å²) in [5.41, 5.74) is 6.56. The second-order valence-corrected chi connectivity index (χ2v) is 6.94. The molecule has 1 aliphatic heterocycles. The van der Waals surface area contributed by atoms with E-state index in [4.69, 9.17) is 22.1 Å². The summed E-state index contributed by atoms with van der Waals surface area (Å²) >= 11 is 5.89. The maximum atomic E-state index is 11.5. The van der Waals surface area contributed by atoms with E-state index in [9.17, 15) is 10.1 Å². The summed E-state index contributed by atoms with van der Waals surface area (Å²) in [6.45, 7) is 5.23. The van der Waals surface area contributed by atoms with E-state index in [0.29, 0.717) is 24.7 Å². The molecule has 1 fully saturated rings. The number of anilines is 3. The topological polar surface area (TPSA) is 119 Å². The van der Waals surface area contributed by atoms with Gasteiger partial charge in [-0.1, -0.05) is 23.7 Å². The third kappa shape index (κ3) is 4.55. The van der Waals surface area contributed by atoms with Crippen molar-refractivity contribution in [2.75, 3.05) is 29.0 Å². The monoisotopic (exact) mass is 392 g/mol. The lowest BCUT2D eigenvalue weighted by Gasteiger charge is -2.35. The van der Waals surface area contributed by atoms with E-state index >= 15 is 0 Å². The van der Waals surface area contributed by atoms with Gasteiger partial charge in [-0.3, -0.25) is 10.1 Å². The van der Waals surface area contributed by atoms with Crippen LogP contribution in [0, 0.1) is 10.1 Å². The first kappa shape index (κ1) is 19.1. The molecule has 3 N–H and O–H groups in total. The second kappa shape index (κ2) is 7.93. The predicted molar refractivity (Wildman–Crippen MR) is 104 cm³/mol. The number of aromatic nitrogens is 2. The van der Waals surface area contributed by atoms with Crippen molar-refractivity contribution in [3.63, 3.8) is 0 Å². The first-order valence-corrected chi connectivity index (χ1v) is 8.92. The maximum absolute atomic E-state index is 11.5. The third-order valence-electron chi connectivity index (χ3n) is 4.16. The number of ether oxygens (including phenoxy) is 1. The summed E-state index contributed by atoms with van der Waals surface area (Å²) in [4.78, 5) is 21.2. The summed E-state index contributed by atoms with van der Waals surface area (Å²) in [7, 11) is 0. The smallest absolute Gasteiger partial charge is 0.353 e. The predicted octanol–water partition coefficient (Wildman–Crippen LogP) is 2.85. The van der Waals surface area contributed by atoms with E-state index < -0.39 is 4.92 Å². The molecule has 0 bridgehead atoms. The Bertz CT molecular complexity index is 822. The van der Waals surface area contributed by atoms with Crippen molar-refractivity contribution in [1.29, 1.82) is 0 Å². The Kier molecular flexibility index (Phi) is 5.62. The van der Waals surface area contributed by atoms with E-state index in [1.807, 2.05) is 30.9 Å². The zero-order valence-corrected chi connectivity index (χ0v) is 15.8. The number of benzene rings is 1. The fraction of sp³-hybridized carbons (Fsp3) is 0.412. The highest BCUT2D eigenvalue weighted by Gasteiger charge is 2.32. The molecular formula is C17H21ClN6O3. The molecule has 2 heterocycles. The van der Waals surface area contributed by atoms with Gasteiger partial charge in [0.2, 0.25) is 17.6 Å². The van der Waals surface area contributed by atoms with Crippen molar-refractivity contribution in [3.8, 4) is 0 Å². The Balaban J connectivity index is 1.88. The highest BCUT2D eigenvalue weighted by Crippen LogP contribution is 2.33. The number of nitrogens with two attached hydrogens (primary N) is 1. The largest absolute Gasteiger partial charge is 0.378 e. The Labute approximate surface area is 161 Å². The lowest BCUT2D eigenvalue weighted by atomic mass is 10.2. The first-order valence-electron chi connectivity index (χ1n) is 8.54. The van der Waals surface area contributed by atoms with Crippen molar-refractivity contribution < 1.29 is 9.66 Å². The average molecular weight is 393 g/mol. The van der Waals surface area contributed by atoms with Crippen LogP contribution < -0.4 is 16.0 Å². The fourth-order valence-electron chi connectivity index (χ4n) is 3.07. The lowest BCUT2D eigenvalue weighted by Crippen LogP contribution is -2.46. The third-order valence-corrected chi connectivity index (χ3v) is 4.41. The molecule has 1 aliphatic rings. The number of morpholine rings is 1. The molecule has 1 aromatic carbocycles. The van der Waals surface area contributed by atoms with Gasteiger partial charge in [-0.2, -0.15) is 9.97 Å². The molecule has 0 radical (unpaired) electrons. The van der Waals surface area contributed by atoms with Gasteiger partial charge in [0.25, 0.3) is 0 Å². The number of hydrogen-bond donors (Lipinski definition) is 2. The van der Waals surface area contributed by atoms with E-state index in [2.05, 4.69) is 15.3 Å². The molecule has 1 saturated heterocycles. The Morgan fingerprint density at radius 3 is 2.52 bits per heavy atom. The van der Waals surface area contributed by atoms with E-state index in [-0.39, 0.29) is 35.5 Å². The van der Waals surface area contributed by atoms with Crippen molar-refractivity contribution >= 4 is 34.9 Å². The molecule has 2 atom stereocenters. The zero-order chi connectivity index (χ0) is 19.6. The van der Waals surface area contributed by atoms with E-state index in [1.165, 1.54) is 0 Å². The van der Waals surface area contributed by atoms with Gasteiger partial charge in [-0.15, -0.1) is 0 Å². The molecular weight excluding hydrogens is 372 g/mol. The quantitative estimate of drug-likeness (QED) is 0.588. The number of halogens is 1. The summed E-state index contributed by atoms with van der Waals surface area (Å²) in [5.74, 6) is 0.262. The van der Waals surface area contributed by atoms with Crippen LogP contribution in [0.2, 0.25) is 5.02 Å². The molecule has 0 unspecified atom stereocenters. The second-order valence-electron chi connectivity index (χ2n) is 6.50. The van der Waals surface area contributed by atoms with Gasteiger partial charge < -0.3 is 20.7 Å². The van der Waals surface area contributed by atoms with Gasteiger partial charge in [0.1, 0.15) is 0 Å². The fourth-order valence-corrected chi connectivity index (χ4v) is 3.19. The molecule has 9 nitrogen and oxygen atoms in total. The molecule has 1 aromatic heterocycles. The van der Waals surface area contributed by atoms with Crippen LogP contribution in [0.25, 0.3) is 0 Å². The summed E-state index contributed by atoms with van der Waals surface area (Å²) < 4.78 is 5.70. The van der Waals surface area contributed by atoms with Gasteiger partial charge in [0.15, 0.2) is 0 Å². The number of hydrogen-bond acceptors (Lipinski definition) is 8. The SMILES string of the molecule is C[C@@H]1CN(c2nc(NCc3ccc(Cl)cc3)nc(N)c2[N+](=O)[O-])C[C@H](C)O1. The Hall–Kier alpha value is -2.65. The number of nitrogen functional groups attached to an aromatic ring is 1. The molecule has 0 aliphatic carbocycles. The summed E-state index contributed by atoms with van der Waals surface area (Å²) in [6.07, 6.45) is -0.148. The maximum Gasteiger partial charge on any atom is 0.353 e.